The molecule has 2 aromatic carbocycles. The van der Waals surface area contributed by atoms with Crippen molar-refractivity contribution < 1.29 is 9.21 Å². The number of nitrogens with zero attached hydrogens (tertiary/aromatic N) is 5. The van der Waals surface area contributed by atoms with Gasteiger partial charge in [0.25, 0.3) is 0 Å². The molecular weight excluding hydrogens is 440 g/mol. The minimum Gasteiger partial charge on any atom is -0.436 e. The van der Waals surface area contributed by atoms with Gasteiger partial charge in [-0.3, -0.25) is 9.69 Å². The first-order chi connectivity index (χ1) is 16.8. The van der Waals surface area contributed by atoms with Gasteiger partial charge in [0.2, 0.25) is 11.8 Å². The SMILES string of the molecule is CC(C)(C)c1ccc(-c2nc3c(N4CCN(Cc5cn(CC(N)=O)cn5)CC4)cccc3o2)cc1. The van der Waals surface area contributed by atoms with Gasteiger partial charge >= 0.3 is 0 Å². The van der Waals surface area contributed by atoms with Crippen molar-refractivity contribution in [2.45, 2.75) is 39.3 Å². The highest BCUT2D eigenvalue weighted by Gasteiger charge is 2.22. The summed E-state index contributed by atoms with van der Waals surface area (Å²) in [5.74, 6) is 0.285. The Morgan fingerprint density at radius 1 is 1.06 bits per heavy atom. The van der Waals surface area contributed by atoms with E-state index in [-0.39, 0.29) is 17.9 Å². The van der Waals surface area contributed by atoms with Gasteiger partial charge in [0.1, 0.15) is 12.1 Å². The molecule has 4 aromatic rings. The van der Waals surface area contributed by atoms with Crippen LogP contribution in [-0.4, -0.2) is 51.5 Å². The number of carbonyl (C=O) groups excluding carboxylic acids is 1. The number of anilines is 1. The van der Waals surface area contributed by atoms with E-state index < -0.39 is 0 Å². The number of amides is 1. The molecule has 5 rings (SSSR count). The molecule has 1 amide bonds. The third kappa shape index (κ3) is 5.07. The molecule has 8 nitrogen and oxygen atoms in total. The molecule has 0 atom stereocenters. The Morgan fingerprint density at radius 2 is 1.80 bits per heavy atom. The quantitative estimate of drug-likeness (QED) is 0.459. The highest BCUT2D eigenvalue weighted by Crippen LogP contribution is 2.32. The fourth-order valence-corrected chi connectivity index (χ4v) is 4.56. The number of imidazole rings is 1. The summed E-state index contributed by atoms with van der Waals surface area (Å²) in [5.41, 5.74) is 11.4. The molecule has 1 aliphatic heterocycles. The molecule has 0 aliphatic carbocycles. The molecule has 0 unspecified atom stereocenters. The molecular formula is C27H32N6O2. The summed E-state index contributed by atoms with van der Waals surface area (Å²) in [6.45, 7) is 11.2. The summed E-state index contributed by atoms with van der Waals surface area (Å²) >= 11 is 0. The van der Waals surface area contributed by atoms with Gasteiger partial charge in [-0.15, -0.1) is 0 Å². The van der Waals surface area contributed by atoms with Crippen LogP contribution >= 0.6 is 0 Å². The van der Waals surface area contributed by atoms with Crippen LogP contribution in [0.5, 0.6) is 0 Å². The van der Waals surface area contributed by atoms with Crippen LogP contribution in [-0.2, 0) is 23.3 Å². The standard InChI is InChI=1S/C27H32N6O2/c1-27(2,3)20-9-7-19(8-10-20)26-30-25-22(5-4-6-23(25)35-26)33-13-11-31(12-14-33)15-21-16-32(18-29-21)17-24(28)34/h4-10,16,18H,11-15,17H2,1-3H3,(H2,28,34). The average molecular weight is 473 g/mol. The Balaban J connectivity index is 1.28. The number of nitrogens with two attached hydrogens (primary N) is 1. The van der Waals surface area contributed by atoms with Gasteiger partial charge in [-0.2, -0.15) is 0 Å². The molecule has 3 heterocycles. The Labute approximate surface area is 205 Å². The van der Waals surface area contributed by atoms with Gasteiger partial charge in [-0.05, 0) is 35.2 Å². The molecule has 182 valence electrons. The summed E-state index contributed by atoms with van der Waals surface area (Å²) < 4.78 is 7.88. The van der Waals surface area contributed by atoms with E-state index in [1.807, 2.05) is 18.3 Å². The van der Waals surface area contributed by atoms with Crippen molar-refractivity contribution in [2.75, 3.05) is 31.1 Å². The molecule has 1 fully saturated rings. The topological polar surface area (TPSA) is 93.4 Å². The molecule has 0 bridgehead atoms. The van der Waals surface area contributed by atoms with Gasteiger partial charge in [0, 0.05) is 44.5 Å². The molecule has 8 heteroatoms. The van der Waals surface area contributed by atoms with Crippen LogP contribution in [0.2, 0.25) is 0 Å². The molecule has 0 radical (unpaired) electrons. The van der Waals surface area contributed by atoms with Crippen molar-refractivity contribution in [3.8, 4) is 11.5 Å². The summed E-state index contributed by atoms with van der Waals surface area (Å²) in [6.07, 6.45) is 3.55. The zero-order valence-corrected chi connectivity index (χ0v) is 20.6. The number of aromatic nitrogens is 3. The lowest BCUT2D eigenvalue weighted by atomic mass is 9.87. The van der Waals surface area contributed by atoms with E-state index in [9.17, 15) is 4.79 Å². The molecule has 1 aliphatic rings. The summed E-state index contributed by atoms with van der Waals surface area (Å²) in [4.78, 5) is 25.2. The fraction of sp³-hybridized carbons (Fsp3) is 0.370. The van der Waals surface area contributed by atoms with E-state index in [1.165, 1.54) is 5.56 Å². The van der Waals surface area contributed by atoms with E-state index in [1.54, 1.807) is 10.9 Å². The van der Waals surface area contributed by atoms with Gasteiger partial charge in [-0.1, -0.05) is 39.0 Å². The Kier molecular flexibility index (Phi) is 6.06. The summed E-state index contributed by atoms with van der Waals surface area (Å²) in [7, 11) is 0. The van der Waals surface area contributed by atoms with E-state index in [0.29, 0.717) is 5.89 Å². The van der Waals surface area contributed by atoms with E-state index in [0.717, 1.165) is 60.8 Å². The van der Waals surface area contributed by atoms with Crippen LogP contribution in [0.1, 0.15) is 32.0 Å². The second-order valence-corrected chi connectivity index (χ2v) is 10.2. The van der Waals surface area contributed by atoms with E-state index in [2.05, 4.69) is 65.9 Å². The van der Waals surface area contributed by atoms with Crippen molar-refractivity contribution in [3.05, 3.63) is 66.2 Å². The van der Waals surface area contributed by atoms with Crippen LogP contribution in [0, 0.1) is 0 Å². The molecule has 1 saturated heterocycles. The minimum atomic E-state index is -0.366. The number of fused-ring (bicyclic) bond motifs is 1. The number of rotatable bonds is 6. The zero-order valence-electron chi connectivity index (χ0n) is 20.6. The van der Waals surface area contributed by atoms with Crippen molar-refractivity contribution in [3.63, 3.8) is 0 Å². The smallest absolute Gasteiger partial charge is 0.237 e. The lowest BCUT2D eigenvalue weighted by Crippen LogP contribution is -2.46. The average Bonchev–Trinajstić information content (AvgIpc) is 3.45. The maximum Gasteiger partial charge on any atom is 0.237 e. The van der Waals surface area contributed by atoms with E-state index in [4.69, 9.17) is 15.1 Å². The second kappa shape index (κ2) is 9.19. The van der Waals surface area contributed by atoms with Crippen LogP contribution < -0.4 is 10.6 Å². The van der Waals surface area contributed by atoms with Crippen LogP contribution in [0.3, 0.4) is 0 Å². The molecule has 0 spiro atoms. The van der Waals surface area contributed by atoms with Crippen molar-refractivity contribution in [1.29, 1.82) is 0 Å². The minimum absolute atomic E-state index is 0.110. The van der Waals surface area contributed by atoms with Crippen molar-refractivity contribution in [2.24, 2.45) is 5.73 Å². The first-order valence-electron chi connectivity index (χ1n) is 12.0. The summed E-state index contributed by atoms with van der Waals surface area (Å²) in [5, 5.41) is 0. The Bertz CT molecular complexity index is 1320. The Morgan fingerprint density at radius 3 is 2.49 bits per heavy atom. The fourth-order valence-electron chi connectivity index (χ4n) is 4.56. The van der Waals surface area contributed by atoms with Crippen LogP contribution in [0.15, 0.2) is 59.4 Å². The number of oxazole rings is 1. The number of benzene rings is 2. The van der Waals surface area contributed by atoms with Gasteiger partial charge < -0.3 is 19.6 Å². The third-order valence-electron chi connectivity index (χ3n) is 6.52. The van der Waals surface area contributed by atoms with Gasteiger partial charge in [0.05, 0.1) is 17.7 Å². The zero-order chi connectivity index (χ0) is 24.6. The molecule has 35 heavy (non-hydrogen) atoms. The van der Waals surface area contributed by atoms with Crippen molar-refractivity contribution >= 4 is 22.7 Å². The van der Waals surface area contributed by atoms with Gasteiger partial charge in [0.15, 0.2) is 5.58 Å². The highest BCUT2D eigenvalue weighted by molar-refractivity contribution is 5.89. The lowest BCUT2D eigenvalue weighted by Gasteiger charge is -2.35. The maximum atomic E-state index is 11.1. The number of piperazine rings is 1. The Hall–Kier alpha value is -3.65. The van der Waals surface area contributed by atoms with Gasteiger partial charge in [-0.25, -0.2) is 9.97 Å². The molecule has 2 aromatic heterocycles. The van der Waals surface area contributed by atoms with Crippen LogP contribution in [0.25, 0.3) is 22.6 Å². The van der Waals surface area contributed by atoms with E-state index >= 15 is 0 Å². The van der Waals surface area contributed by atoms with Crippen molar-refractivity contribution in [1.82, 2.24) is 19.4 Å². The largest absolute Gasteiger partial charge is 0.436 e. The second-order valence-electron chi connectivity index (χ2n) is 10.2. The summed E-state index contributed by atoms with van der Waals surface area (Å²) in [6, 6.07) is 14.6. The number of hydrogen-bond acceptors (Lipinski definition) is 6. The molecule has 2 N–H and O–H groups in total. The number of primary amides is 1. The first kappa shape index (κ1) is 23.1. The number of para-hydroxylation sites is 1. The predicted octanol–water partition coefficient (Wildman–Crippen LogP) is 3.80. The third-order valence-corrected chi connectivity index (χ3v) is 6.52. The normalized spacial score (nSPS) is 15.1. The van der Waals surface area contributed by atoms with Crippen LogP contribution in [0.4, 0.5) is 5.69 Å². The molecule has 0 saturated carbocycles. The number of carbonyl (C=O) groups is 1. The highest BCUT2D eigenvalue weighted by atomic mass is 16.3. The number of hydrogen-bond donors (Lipinski definition) is 1. The predicted molar refractivity (Wildman–Crippen MR) is 137 cm³/mol. The monoisotopic (exact) mass is 472 g/mol. The lowest BCUT2D eigenvalue weighted by molar-refractivity contribution is -0.118. The first-order valence-corrected chi connectivity index (χ1v) is 12.0. The maximum absolute atomic E-state index is 11.1.